The molecule has 1 aromatic carbocycles. The van der Waals surface area contributed by atoms with Gasteiger partial charge in [0, 0.05) is 12.5 Å². The second-order valence-corrected chi connectivity index (χ2v) is 7.45. The molecule has 1 saturated carbocycles. The van der Waals surface area contributed by atoms with Crippen LogP contribution in [-0.2, 0) is 17.8 Å². The topological polar surface area (TPSA) is 75.9 Å². The zero-order valence-electron chi connectivity index (χ0n) is 15.4. The summed E-state index contributed by atoms with van der Waals surface area (Å²) >= 11 is 0. The standard InChI is InChI=1S/C19H25FN6O/c20-17-4-2-1-3-14(17)7-10-21-19(27)15-8-11-25(12-9-15)13-18-22-23-24-26(18)16-5-6-16/h1-4,15-16H,5-13H2,(H,21,27). The summed E-state index contributed by atoms with van der Waals surface area (Å²) in [6, 6.07) is 7.18. The molecule has 4 rings (SSSR count). The monoisotopic (exact) mass is 372 g/mol. The molecule has 0 bridgehead atoms. The Kier molecular flexibility index (Phi) is 5.42. The van der Waals surface area contributed by atoms with Gasteiger partial charge in [0.05, 0.1) is 12.6 Å². The van der Waals surface area contributed by atoms with E-state index < -0.39 is 0 Å². The van der Waals surface area contributed by atoms with Crippen LogP contribution in [0.25, 0.3) is 0 Å². The zero-order valence-corrected chi connectivity index (χ0v) is 15.4. The molecule has 8 heteroatoms. The number of halogens is 1. The van der Waals surface area contributed by atoms with E-state index in [0.717, 1.165) is 51.1 Å². The Hall–Kier alpha value is -2.35. The number of tetrazole rings is 1. The van der Waals surface area contributed by atoms with Crippen LogP contribution in [-0.4, -0.2) is 50.6 Å². The minimum atomic E-state index is -0.214. The van der Waals surface area contributed by atoms with Crippen molar-refractivity contribution in [1.82, 2.24) is 30.4 Å². The number of carbonyl (C=O) groups is 1. The summed E-state index contributed by atoms with van der Waals surface area (Å²) in [7, 11) is 0. The summed E-state index contributed by atoms with van der Waals surface area (Å²) < 4.78 is 15.6. The van der Waals surface area contributed by atoms with E-state index in [-0.39, 0.29) is 17.6 Å². The summed E-state index contributed by atoms with van der Waals surface area (Å²) in [5, 5.41) is 15.0. The van der Waals surface area contributed by atoms with E-state index in [0.29, 0.717) is 24.6 Å². The normalized spacial score (nSPS) is 18.6. The molecular formula is C19H25FN6O. The maximum absolute atomic E-state index is 13.6. The highest BCUT2D eigenvalue weighted by Gasteiger charge is 2.30. The van der Waals surface area contributed by atoms with Crippen LogP contribution in [0.15, 0.2) is 24.3 Å². The van der Waals surface area contributed by atoms with Crippen LogP contribution in [0.1, 0.15) is 43.1 Å². The van der Waals surface area contributed by atoms with Crippen molar-refractivity contribution in [3.63, 3.8) is 0 Å². The Bertz CT molecular complexity index is 782. The number of piperidine rings is 1. The van der Waals surface area contributed by atoms with Crippen LogP contribution in [0.3, 0.4) is 0 Å². The molecule has 0 spiro atoms. The fourth-order valence-electron chi connectivity index (χ4n) is 3.64. The van der Waals surface area contributed by atoms with E-state index in [1.54, 1.807) is 12.1 Å². The average molecular weight is 372 g/mol. The Morgan fingerprint density at radius 1 is 1.19 bits per heavy atom. The smallest absolute Gasteiger partial charge is 0.223 e. The third kappa shape index (κ3) is 4.50. The van der Waals surface area contributed by atoms with Gasteiger partial charge in [0.25, 0.3) is 0 Å². The molecule has 1 amide bonds. The van der Waals surface area contributed by atoms with Gasteiger partial charge in [-0.15, -0.1) is 5.10 Å². The molecule has 0 radical (unpaired) electrons. The number of aromatic nitrogens is 4. The van der Waals surface area contributed by atoms with Gasteiger partial charge in [-0.2, -0.15) is 0 Å². The van der Waals surface area contributed by atoms with Gasteiger partial charge < -0.3 is 5.32 Å². The molecular weight excluding hydrogens is 347 g/mol. The van der Waals surface area contributed by atoms with Crippen LogP contribution in [0.4, 0.5) is 4.39 Å². The molecule has 2 aromatic rings. The van der Waals surface area contributed by atoms with Crippen LogP contribution < -0.4 is 5.32 Å². The fourth-order valence-corrected chi connectivity index (χ4v) is 3.64. The molecule has 1 aromatic heterocycles. The van der Waals surface area contributed by atoms with E-state index in [1.807, 2.05) is 10.7 Å². The Morgan fingerprint density at radius 2 is 1.96 bits per heavy atom. The van der Waals surface area contributed by atoms with Crippen LogP contribution in [0, 0.1) is 11.7 Å². The molecule has 27 heavy (non-hydrogen) atoms. The lowest BCUT2D eigenvalue weighted by molar-refractivity contribution is -0.126. The number of likely N-dealkylation sites (tertiary alicyclic amines) is 1. The minimum absolute atomic E-state index is 0.0290. The SMILES string of the molecule is O=C(NCCc1ccccc1F)C1CCN(Cc2nnnn2C2CC2)CC1. The number of nitrogens with one attached hydrogen (secondary N) is 1. The predicted molar refractivity (Wildman–Crippen MR) is 97.2 cm³/mol. The first kappa shape index (κ1) is 18.0. The van der Waals surface area contributed by atoms with Crippen LogP contribution in [0.5, 0.6) is 0 Å². The molecule has 0 unspecified atom stereocenters. The quantitative estimate of drug-likeness (QED) is 0.801. The summed E-state index contributed by atoms with van der Waals surface area (Å²) in [4.78, 5) is 14.7. The number of benzene rings is 1. The Labute approximate surface area is 157 Å². The highest BCUT2D eigenvalue weighted by molar-refractivity contribution is 5.78. The second-order valence-electron chi connectivity index (χ2n) is 7.45. The van der Waals surface area contributed by atoms with Crippen molar-refractivity contribution in [3.05, 3.63) is 41.5 Å². The summed E-state index contributed by atoms with van der Waals surface area (Å²) in [5.74, 6) is 0.814. The van der Waals surface area contributed by atoms with Gasteiger partial charge in [0.2, 0.25) is 5.91 Å². The van der Waals surface area contributed by atoms with Crippen molar-refractivity contribution in [2.24, 2.45) is 5.92 Å². The van der Waals surface area contributed by atoms with E-state index in [9.17, 15) is 9.18 Å². The molecule has 1 aliphatic heterocycles. The van der Waals surface area contributed by atoms with Gasteiger partial charge in [0.15, 0.2) is 5.82 Å². The number of hydrogen-bond acceptors (Lipinski definition) is 5. The molecule has 2 aliphatic rings. The van der Waals surface area contributed by atoms with Crippen molar-refractivity contribution in [3.8, 4) is 0 Å². The minimum Gasteiger partial charge on any atom is -0.356 e. The highest BCUT2D eigenvalue weighted by Crippen LogP contribution is 2.34. The van der Waals surface area contributed by atoms with Crippen molar-refractivity contribution >= 4 is 5.91 Å². The van der Waals surface area contributed by atoms with E-state index in [2.05, 4.69) is 25.7 Å². The molecule has 0 atom stereocenters. The first-order valence-corrected chi connectivity index (χ1v) is 9.71. The molecule has 1 saturated heterocycles. The predicted octanol–water partition coefficient (Wildman–Crippen LogP) is 1.72. The number of nitrogens with zero attached hydrogens (tertiary/aromatic N) is 5. The summed E-state index contributed by atoms with van der Waals surface area (Å²) in [6.07, 6.45) is 4.49. The van der Waals surface area contributed by atoms with Gasteiger partial charge in [-0.25, -0.2) is 9.07 Å². The fraction of sp³-hybridized carbons (Fsp3) is 0.579. The maximum atomic E-state index is 13.6. The van der Waals surface area contributed by atoms with Crippen molar-refractivity contribution in [1.29, 1.82) is 0 Å². The van der Waals surface area contributed by atoms with Crippen LogP contribution >= 0.6 is 0 Å². The number of rotatable bonds is 7. The lowest BCUT2D eigenvalue weighted by atomic mass is 9.96. The van der Waals surface area contributed by atoms with Crippen molar-refractivity contribution in [2.45, 2.75) is 44.7 Å². The molecule has 2 heterocycles. The second kappa shape index (κ2) is 8.12. The van der Waals surface area contributed by atoms with E-state index >= 15 is 0 Å². The molecule has 144 valence electrons. The van der Waals surface area contributed by atoms with Gasteiger partial charge in [-0.05, 0) is 67.3 Å². The zero-order chi connectivity index (χ0) is 18.6. The third-order valence-electron chi connectivity index (χ3n) is 5.43. The number of hydrogen-bond donors (Lipinski definition) is 1. The highest BCUT2D eigenvalue weighted by atomic mass is 19.1. The third-order valence-corrected chi connectivity index (χ3v) is 5.43. The molecule has 7 nitrogen and oxygen atoms in total. The van der Waals surface area contributed by atoms with Crippen molar-refractivity contribution in [2.75, 3.05) is 19.6 Å². The average Bonchev–Trinajstić information content (AvgIpc) is 3.43. The molecule has 2 fully saturated rings. The van der Waals surface area contributed by atoms with Gasteiger partial charge in [-0.1, -0.05) is 18.2 Å². The molecule has 1 aliphatic carbocycles. The van der Waals surface area contributed by atoms with Gasteiger partial charge in [-0.3, -0.25) is 9.69 Å². The Balaban J connectivity index is 1.20. The lowest BCUT2D eigenvalue weighted by Gasteiger charge is -2.30. The summed E-state index contributed by atoms with van der Waals surface area (Å²) in [6.45, 7) is 2.94. The van der Waals surface area contributed by atoms with E-state index in [1.165, 1.54) is 6.07 Å². The first-order valence-electron chi connectivity index (χ1n) is 9.71. The largest absolute Gasteiger partial charge is 0.356 e. The number of carbonyl (C=O) groups excluding carboxylic acids is 1. The van der Waals surface area contributed by atoms with E-state index in [4.69, 9.17) is 0 Å². The summed E-state index contributed by atoms with van der Waals surface area (Å²) in [5.41, 5.74) is 0.640. The Morgan fingerprint density at radius 3 is 2.70 bits per heavy atom. The van der Waals surface area contributed by atoms with Crippen molar-refractivity contribution < 1.29 is 9.18 Å². The first-order chi connectivity index (χ1) is 13.2. The van der Waals surface area contributed by atoms with Gasteiger partial charge >= 0.3 is 0 Å². The van der Waals surface area contributed by atoms with Crippen LogP contribution in [0.2, 0.25) is 0 Å². The number of amides is 1. The lowest BCUT2D eigenvalue weighted by Crippen LogP contribution is -2.41. The maximum Gasteiger partial charge on any atom is 0.223 e. The molecule has 1 N–H and O–H groups in total. The van der Waals surface area contributed by atoms with Gasteiger partial charge in [0.1, 0.15) is 5.82 Å².